The van der Waals surface area contributed by atoms with Gasteiger partial charge in [-0.05, 0) is 41.4 Å². The number of aliphatic carboxylic acids is 1. The Bertz CT molecular complexity index is 412. The van der Waals surface area contributed by atoms with Crippen molar-refractivity contribution in [2.75, 3.05) is 0 Å². The van der Waals surface area contributed by atoms with Crippen LogP contribution in [0.1, 0.15) is 20.3 Å². The molecule has 0 saturated heterocycles. The topological polar surface area (TPSA) is 76.2 Å². The van der Waals surface area contributed by atoms with Gasteiger partial charge in [-0.15, -0.1) is 11.8 Å². The second kappa shape index (κ2) is 5.84. The van der Waals surface area contributed by atoms with Gasteiger partial charge in [-0.2, -0.15) is 0 Å². The molecule has 1 aromatic heterocycles. The summed E-state index contributed by atoms with van der Waals surface area (Å²) in [5.74, 6) is -0.981. The Kier molecular flexibility index (Phi) is 4.97. The molecule has 4 nitrogen and oxygen atoms in total. The number of carbonyl (C=O) groups is 1. The largest absolute Gasteiger partial charge is 0.480 e. The van der Waals surface area contributed by atoms with Crippen LogP contribution < -0.4 is 5.73 Å². The minimum atomic E-state index is -1.20. The second-order valence-corrected chi connectivity index (χ2v) is 6.43. The third kappa shape index (κ3) is 4.29. The van der Waals surface area contributed by atoms with Crippen molar-refractivity contribution in [1.29, 1.82) is 0 Å². The van der Waals surface area contributed by atoms with E-state index < -0.39 is 11.5 Å². The summed E-state index contributed by atoms with van der Waals surface area (Å²) in [5, 5.41) is 9.88. The quantitative estimate of drug-likeness (QED) is 0.816. The average Bonchev–Trinajstić information content (AvgIpc) is 2.20. The lowest BCUT2D eigenvalue weighted by molar-refractivity contribution is -0.142. The second-order valence-electron chi connectivity index (χ2n) is 4.15. The third-order valence-corrected chi connectivity index (χ3v) is 4.26. The predicted molar refractivity (Wildman–Crippen MR) is 72.1 cm³/mol. The van der Waals surface area contributed by atoms with Crippen molar-refractivity contribution in [3.05, 3.63) is 22.8 Å². The van der Waals surface area contributed by atoms with Crippen molar-refractivity contribution >= 4 is 33.7 Å². The number of hydrogen-bond acceptors (Lipinski definition) is 4. The number of hydrogen-bond donors (Lipinski definition) is 2. The van der Waals surface area contributed by atoms with Crippen LogP contribution in [0.4, 0.5) is 0 Å². The van der Waals surface area contributed by atoms with Crippen LogP contribution >= 0.6 is 27.7 Å². The van der Waals surface area contributed by atoms with Crippen molar-refractivity contribution in [3.63, 3.8) is 0 Å². The van der Waals surface area contributed by atoms with E-state index in [2.05, 4.69) is 20.9 Å². The normalized spacial score (nSPS) is 16.2. The number of nitrogens with two attached hydrogens (primary N) is 1. The molecule has 1 rings (SSSR count). The molecule has 0 radical (unpaired) electrons. The van der Waals surface area contributed by atoms with Crippen LogP contribution in [0.25, 0.3) is 0 Å². The number of thioether (sulfide) groups is 1. The number of carboxylic acids is 1. The molecular weight excluding hydrogens is 304 g/mol. The van der Waals surface area contributed by atoms with Crippen LogP contribution in [-0.4, -0.2) is 26.8 Å². The summed E-state index contributed by atoms with van der Waals surface area (Å²) in [6.07, 6.45) is 2.09. The van der Waals surface area contributed by atoms with E-state index in [1.807, 2.05) is 19.1 Å². The molecule has 0 aliphatic carbocycles. The summed E-state index contributed by atoms with van der Waals surface area (Å²) in [6.45, 7) is 3.47. The fourth-order valence-corrected chi connectivity index (χ4v) is 3.02. The predicted octanol–water partition coefficient (Wildman–Crippen LogP) is 2.52. The Morgan fingerprint density at radius 1 is 1.76 bits per heavy atom. The summed E-state index contributed by atoms with van der Waals surface area (Å²) in [6, 6.07) is 3.74. The molecule has 0 saturated carbocycles. The van der Waals surface area contributed by atoms with E-state index in [-0.39, 0.29) is 5.25 Å². The van der Waals surface area contributed by atoms with Crippen LogP contribution in [0.5, 0.6) is 0 Å². The number of halogens is 1. The van der Waals surface area contributed by atoms with Crippen molar-refractivity contribution in [2.45, 2.75) is 36.1 Å². The van der Waals surface area contributed by atoms with E-state index in [4.69, 9.17) is 10.8 Å². The smallest absolute Gasteiger partial charge is 0.323 e. The van der Waals surface area contributed by atoms with E-state index in [0.717, 1.165) is 9.50 Å². The average molecular weight is 319 g/mol. The number of rotatable bonds is 5. The zero-order chi connectivity index (χ0) is 13.1. The van der Waals surface area contributed by atoms with Crippen LogP contribution in [0.15, 0.2) is 27.8 Å². The van der Waals surface area contributed by atoms with Gasteiger partial charge in [0.2, 0.25) is 0 Å². The standard InChI is InChI=1S/C11H15BrN2O2S/c1-7(6-11(2,13)10(15)16)17-9-8(12)4-3-5-14-9/h3-5,7H,6,13H2,1-2H3,(H,15,16). The number of pyridine rings is 1. The third-order valence-electron chi connectivity index (χ3n) is 2.24. The Morgan fingerprint density at radius 2 is 2.41 bits per heavy atom. The van der Waals surface area contributed by atoms with Gasteiger partial charge in [-0.3, -0.25) is 4.79 Å². The monoisotopic (exact) mass is 318 g/mol. The Hall–Kier alpha value is -0.590. The van der Waals surface area contributed by atoms with Gasteiger partial charge in [-0.1, -0.05) is 6.92 Å². The molecule has 6 heteroatoms. The van der Waals surface area contributed by atoms with Gasteiger partial charge in [0.25, 0.3) is 0 Å². The first kappa shape index (κ1) is 14.5. The first-order chi connectivity index (χ1) is 7.83. The molecule has 0 aromatic carbocycles. The van der Waals surface area contributed by atoms with E-state index in [0.29, 0.717) is 6.42 Å². The first-order valence-electron chi connectivity index (χ1n) is 5.12. The molecule has 1 heterocycles. The van der Waals surface area contributed by atoms with Gasteiger partial charge in [0, 0.05) is 15.9 Å². The molecule has 2 unspecified atom stereocenters. The van der Waals surface area contributed by atoms with E-state index in [1.165, 1.54) is 18.7 Å². The van der Waals surface area contributed by atoms with Crippen LogP contribution in [-0.2, 0) is 4.79 Å². The molecule has 0 fully saturated rings. The Labute approximate surface area is 113 Å². The molecule has 0 amide bonds. The summed E-state index contributed by atoms with van der Waals surface area (Å²) in [5.41, 5.74) is 4.51. The number of carboxylic acid groups (broad SMARTS) is 1. The first-order valence-corrected chi connectivity index (χ1v) is 6.79. The van der Waals surface area contributed by atoms with Gasteiger partial charge < -0.3 is 10.8 Å². The van der Waals surface area contributed by atoms with Crippen molar-refractivity contribution in [1.82, 2.24) is 4.98 Å². The molecule has 0 spiro atoms. The van der Waals surface area contributed by atoms with Crippen LogP contribution in [0, 0.1) is 0 Å². The molecule has 2 atom stereocenters. The van der Waals surface area contributed by atoms with Crippen molar-refractivity contribution in [2.24, 2.45) is 5.73 Å². The molecule has 1 aromatic rings. The Balaban J connectivity index is 2.65. The fraction of sp³-hybridized carbons (Fsp3) is 0.455. The highest BCUT2D eigenvalue weighted by Gasteiger charge is 2.30. The van der Waals surface area contributed by atoms with Gasteiger partial charge in [-0.25, -0.2) is 4.98 Å². The summed E-state index contributed by atoms with van der Waals surface area (Å²) < 4.78 is 0.908. The van der Waals surface area contributed by atoms with Gasteiger partial charge in [0.05, 0.1) is 0 Å². The SMILES string of the molecule is CC(CC(C)(N)C(=O)O)Sc1ncccc1Br. The van der Waals surface area contributed by atoms with E-state index in [9.17, 15) is 4.79 Å². The zero-order valence-electron chi connectivity index (χ0n) is 9.68. The maximum atomic E-state index is 10.9. The maximum absolute atomic E-state index is 10.9. The van der Waals surface area contributed by atoms with Crippen LogP contribution in [0.3, 0.4) is 0 Å². The highest BCUT2D eigenvalue weighted by Crippen LogP contribution is 2.31. The van der Waals surface area contributed by atoms with E-state index >= 15 is 0 Å². The summed E-state index contributed by atoms with van der Waals surface area (Å²) >= 11 is 4.92. The minimum Gasteiger partial charge on any atom is -0.480 e. The van der Waals surface area contributed by atoms with Gasteiger partial charge >= 0.3 is 5.97 Å². The fourth-order valence-electron chi connectivity index (χ4n) is 1.37. The molecule has 17 heavy (non-hydrogen) atoms. The van der Waals surface area contributed by atoms with Gasteiger partial charge in [0.15, 0.2) is 0 Å². The van der Waals surface area contributed by atoms with E-state index in [1.54, 1.807) is 6.20 Å². The lowest BCUT2D eigenvalue weighted by Gasteiger charge is -2.22. The van der Waals surface area contributed by atoms with Crippen molar-refractivity contribution in [3.8, 4) is 0 Å². The molecule has 94 valence electrons. The summed E-state index contributed by atoms with van der Waals surface area (Å²) in [4.78, 5) is 15.1. The maximum Gasteiger partial charge on any atom is 0.323 e. The molecule has 0 aliphatic heterocycles. The lowest BCUT2D eigenvalue weighted by Crippen LogP contribution is -2.46. The van der Waals surface area contributed by atoms with Crippen molar-refractivity contribution < 1.29 is 9.90 Å². The van der Waals surface area contributed by atoms with Crippen LogP contribution in [0.2, 0.25) is 0 Å². The highest BCUT2D eigenvalue weighted by molar-refractivity contribution is 9.10. The molecule has 0 bridgehead atoms. The lowest BCUT2D eigenvalue weighted by atomic mass is 9.98. The van der Waals surface area contributed by atoms with Gasteiger partial charge in [0.1, 0.15) is 10.6 Å². The molecule has 3 N–H and O–H groups in total. The summed E-state index contributed by atoms with van der Waals surface area (Å²) in [7, 11) is 0. The molecular formula is C11H15BrN2O2S. The zero-order valence-corrected chi connectivity index (χ0v) is 12.1. The number of aromatic nitrogens is 1. The molecule has 0 aliphatic rings. The number of nitrogens with zero attached hydrogens (tertiary/aromatic N) is 1. The highest BCUT2D eigenvalue weighted by atomic mass is 79.9. The minimum absolute atomic E-state index is 0.0762. The Morgan fingerprint density at radius 3 is 2.94 bits per heavy atom.